The molecule has 4 aromatic heterocycles. The lowest BCUT2D eigenvalue weighted by molar-refractivity contribution is -0.150. The standard InChI is InChI=1S/C26H27Cl2N7O8.C21H19Cl2N7O6.ClH/c1-12(2)15-9-19(33-34(22(15)37)11-41-23(38)13(3)30-25(40)43-26(4,5)6)42-20-16(27)7-14(8-17(20)28)35-24(39)31-21(36)18(10-29)32-35;1-9(2)12-6-16(28-29(19(12)32)8-35-20(33)10(3)25)36-17-13(22)4-11(5-14(17)23)30-21(34)26-18(31)15(7-24)27-30;/h7-9,12-13H,11H2,1-6H3,(H,30,40)(H,31,36,39);4-6,9-10H,8,25H2,1-3H3,(H,26,31,34);1H/t13-;10-;/m00./s1. The number of aromatic nitrogens is 10. The molecule has 2 aromatic carbocycles. The lowest BCUT2D eigenvalue weighted by Gasteiger charge is -2.21. The highest BCUT2D eigenvalue weighted by molar-refractivity contribution is 6.38. The molecule has 0 saturated carbocycles. The molecule has 0 aliphatic rings. The molecule has 0 unspecified atom stereocenters. The lowest BCUT2D eigenvalue weighted by atomic mass is 10.1. The SMILES string of the molecule is CC(C)c1cc(Oc2c(Cl)cc(-n3nc(C#N)c(=O)[nH]c3=O)cc2Cl)nn(COC(=O)[C@H](C)N)c1=O.CC(C)c1cc(Oc2c(Cl)cc(-n3nc(C#N)c(=O)[nH]c3=O)cc2Cl)nn(COC(=O)[C@H](C)NC(=O)OC(C)(C)C)c1=O.Cl. The number of carbonyl (C=O) groups is 3. The number of ether oxygens (including phenoxy) is 5. The first-order chi connectivity index (χ1) is 36.9. The van der Waals surface area contributed by atoms with E-state index in [9.17, 15) is 43.2 Å². The van der Waals surface area contributed by atoms with Gasteiger partial charge in [-0.05, 0) is 70.7 Å². The van der Waals surface area contributed by atoms with Gasteiger partial charge in [0.15, 0.2) is 25.0 Å². The Morgan fingerprint density at radius 2 is 1.00 bits per heavy atom. The van der Waals surface area contributed by atoms with Crippen LogP contribution >= 0.6 is 58.8 Å². The summed E-state index contributed by atoms with van der Waals surface area (Å²) < 4.78 is 30.1. The molecule has 2 atom stereocenters. The first-order valence-corrected chi connectivity index (χ1v) is 24.4. The monoisotopic (exact) mass is 1210 g/mol. The van der Waals surface area contributed by atoms with Gasteiger partial charge in [-0.15, -0.1) is 32.8 Å². The van der Waals surface area contributed by atoms with Crippen LogP contribution in [-0.2, 0) is 37.3 Å². The molecule has 424 valence electrons. The quantitative estimate of drug-likeness (QED) is 0.0790. The second-order valence-electron chi connectivity index (χ2n) is 18.1. The van der Waals surface area contributed by atoms with Crippen LogP contribution in [0.4, 0.5) is 4.79 Å². The zero-order valence-corrected chi connectivity index (χ0v) is 47.2. The van der Waals surface area contributed by atoms with E-state index < -0.39 is 94.2 Å². The van der Waals surface area contributed by atoms with Crippen molar-refractivity contribution >= 4 is 76.8 Å². The molecule has 1 amide bonds. The van der Waals surface area contributed by atoms with Crippen LogP contribution in [0.1, 0.15) is 96.7 Å². The second-order valence-corrected chi connectivity index (χ2v) is 19.7. The van der Waals surface area contributed by atoms with Gasteiger partial charge in [-0.25, -0.2) is 19.2 Å². The molecule has 80 heavy (non-hydrogen) atoms. The number of nitrogens with two attached hydrogens (primary N) is 1. The van der Waals surface area contributed by atoms with E-state index >= 15 is 0 Å². The maximum absolute atomic E-state index is 13.0. The van der Waals surface area contributed by atoms with Crippen LogP contribution in [-0.4, -0.2) is 84.8 Å². The maximum atomic E-state index is 13.0. The third kappa shape index (κ3) is 16.1. The number of halogens is 5. The van der Waals surface area contributed by atoms with E-state index in [2.05, 4.69) is 25.7 Å². The maximum Gasteiger partial charge on any atom is 0.408 e. The van der Waals surface area contributed by atoms with E-state index in [1.54, 1.807) is 60.6 Å². The van der Waals surface area contributed by atoms with Crippen molar-refractivity contribution in [2.45, 2.75) is 105 Å². The Balaban J connectivity index is 0.000000345. The van der Waals surface area contributed by atoms with Gasteiger partial charge in [-0.3, -0.25) is 33.9 Å². The average molecular weight is 1210 g/mol. The van der Waals surface area contributed by atoms with Gasteiger partial charge >= 0.3 is 29.4 Å². The highest BCUT2D eigenvalue weighted by atomic mass is 35.5. The van der Waals surface area contributed by atoms with Gasteiger partial charge in [0.25, 0.3) is 22.2 Å². The number of carbonyl (C=O) groups excluding carboxylic acids is 3. The van der Waals surface area contributed by atoms with E-state index in [-0.39, 0.29) is 84.5 Å². The topological polar surface area (TPSA) is 388 Å². The largest absolute Gasteiger partial charge is 0.444 e. The highest BCUT2D eigenvalue weighted by Crippen LogP contribution is 2.39. The molecule has 0 spiro atoms. The molecular weight excluding hydrogens is 1160 g/mol. The predicted octanol–water partition coefficient (Wildman–Crippen LogP) is 4.83. The fourth-order valence-corrected chi connectivity index (χ4v) is 7.37. The van der Waals surface area contributed by atoms with Crippen molar-refractivity contribution in [1.82, 2.24) is 54.4 Å². The zero-order chi connectivity index (χ0) is 59.0. The van der Waals surface area contributed by atoms with E-state index in [0.29, 0.717) is 5.56 Å². The number of amides is 1. The van der Waals surface area contributed by atoms with Crippen LogP contribution in [0, 0.1) is 22.7 Å². The fourth-order valence-electron chi connectivity index (χ4n) is 6.26. The number of rotatable bonds is 15. The van der Waals surface area contributed by atoms with E-state index in [1.165, 1.54) is 50.2 Å². The molecule has 0 fully saturated rings. The van der Waals surface area contributed by atoms with E-state index in [4.69, 9.17) is 86.3 Å². The molecule has 0 saturated heterocycles. The Morgan fingerprint density at radius 1 is 0.637 bits per heavy atom. The summed E-state index contributed by atoms with van der Waals surface area (Å²) in [6.45, 7) is 13.8. The summed E-state index contributed by atoms with van der Waals surface area (Å²) in [6.07, 6.45) is -0.823. The average Bonchev–Trinajstić information content (AvgIpc) is 3.35. The summed E-state index contributed by atoms with van der Waals surface area (Å²) in [5, 5.41) is 35.6. The van der Waals surface area contributed by atoms with Crippen LogP contribution in [0.5, 0.6) is 23.3 Å². The number of nitrogens with one attached hydrogen (secondary N) is 3. The number of esters is 2. The van der Waals surface area contributed by atoms with Gasteiger partial charge in [0.05, 0.1) is 31.5 Å². The third-order valence-electron chi connectivity index (χ3n) is 10.1. The number of benzene rings is 2. The first-order valence-electron chi connectivity index (χ1n) is 22.9. The fraction of sp³-hybridized carbons (Fsp3) is 0.340. The highest BCUT2D eigenvalue weighted by Gasteiger charge is 2.25. The molecule has 6 aromatic rings. The number of alkyl carbamates (subject to hydrolysis) is 1. The van der Waals surface area contributed by atoms with E-state index in [0.717, 1.165) is 18.7 Å². The van der Waals surface area contributed by atoms with Gasteiger partial charge in [0.2, 0.25) is 23.1 Å². The van der Waals surface area contributed by atoms with Gasteiger partial charge in [0, 0.05) is 23.3 Å². The minimum absolute atomic E-state index is 0. The summed E-state index contributed by atoms with van der Waals surface area (Å²) in [5.74, 6) is -2.52. The Bertz CT molecular complexity index is 3790. The van der Waals surface area contributed by atoms with Gasteiger partial charge in [-0.2, -0.15) is 29.3 Å². The molecule has 33 heteroatoms. The van der Waals surface area contributed by atoms with Crippen LogP contribution < -0.4 is 54.1 Å². The molecule has 5 N–H and O–H groups in total. The zero-order valence-electron chi connectivity index (χ0n) is 43.4. The summed E-state index contributed by atoms with van der Waals surface area (Å²) in [7, 11) is 0. The Labute approximate surface area is 476 Å². The van der Waals surface area contributed by atoms with Gasteiger partial charge in [0.1, 0.15) is 29.8 Å². The Hall–Kier alpha value is -8.38. The van der Waals surface area contributed by atoms with Crippen LogP contribution in [0.2, 0.25) is 20.1 Å². The van der Waals surface area contributed by atoms with Crippen molar-refractivity contribution in [3.63, 3.8) is 0 Å². The minimum atomic E-state index is -1.10. The smallest absolute Gasteiger partial charge is 0.408 e. The molecule has 0 aliphatic carbocycles. The van der Waals surface area contributed by atoms with Crippen LogP contribution in [0.3, 0.4) is 0 Å². The molecular formula is C47H47Cl5N14O14. The van der Waals surface area contributed by atoms with Crippen molar-refractivity contribution in [3.05, 3.63) is 141 Å². The normalized spacial score (nSPS) is 11.7. The van der Waals surface area contributed by atoms with Gasteiger partial charge in [-0.1, -0.05) is 74.1 Å². The minimum Gasteiger partial charge on any atom is -0.444 e. The summed E-state index contributed by atoms with van der Waals surface area (Å²) >= 11 is 25.4. The number of H-pyrrole nitrogens is 2. The number of aromatic amines is 2. The summed E-state index contributed by atoms with van der Waals surface area (Å²) in [5.41, 5.74) is -0.591. The molecule has 0 aliphatic heterocycles. The van der Waals surface area contributed by atoms with Gasteiger partial charge < -0.3 is 34.7 Å². The number of hydrogen-bond acceptors (Lipinski definition) is 21. The summed E-state index contributed by atoms with van der Waals surface area (Å²) in [6, 6.07) is 8.94. The van der Waals surface area contributed by atoms with Crippen molar-refractivity contribution in [2.24, 2.45) is 5.73 Å². The lowest BCUT2D eigenvalue weighted by Crippen LogP contribution is -2.43. The van der Waals surface area contributed by atoms with Crippen molar-refractivity contribution in [3.8, 4) is 46.8 Å². The van der Waals surface area contributed by atoms with Crippen LogP contribution in [0.25, 0.3) is 11.4 Å². The van der Waals surface area contributed by atoms with E-state index in [1.807, 2.05) is 9.97 Å². The first kappa shape index (κ1) is 64.1. The second kappa shape index (κ2) is 27.0. The Morgan fingerprint density at radius 3 is 1.32 bits per heavy atom. The number of hydrogen-bond donors (Lipinski definition) is 4. The summed E-state index contributed by atoms with van der Waals surface area (Å²) in [4.78, 5) is 113. The number of nitriles is 2. The van der Waals surface area contributed by atoms with Crippen LogP contribution in [0.15, 0.2) is 65.2 Å². The molecule has 0 radical (unpaired) electrons. The Kier molecular flexibility index (Phi) is 21.6. The van der Waals surface area contributed by atoms with Crippen molar-refractivity contribution < 1.29 is 38.1 Å². The molecule has 6 rings (SSSR count). The van der Waals surface area contributed by atoms with Crippen molar-refractivity contribution in [1.29, 1.82) is 10.5 Å². The molecule has 28 nitrogen and oxygen atoms in total. The van der Waals surface area contributed by atoms with Crippen molar-refractivity contribution in [2.75, 3.05) is 0 Å². The molecule has 0 bridgehead atoms. The predicted molar refractivity (Wildman–Crippen MR) is 288 cm³/mol. The third-order valence-corrected chi connectivity index (χ3v) is 11.2. The number of nitrogens with zero attached hydrogens (tertiary/aromatic N) is 10. The molecule has 4 heterocycles.